The van der Waals surface area contributed by atoms with E-state index in [0.29, 0.717) is 18.9 Å². The smallest absolute Gasteiger partial charge is 0.315 e. The molecule has 2 rings (SSSR count). The van der Waals surface area contributed by atoms with Gasteiger partial charge in [-0.25, -0.2) is 4.79 Å². The summed E-state index contributed by atoms with van der Waals surface area (Å²) >= 11 is 0. The van der Waals surface area contributed by atoms with Crippen molar-refractivity contribution in [3.8, 4) is 5.75 Å². The first-order valence-electron chi connectivity index (χ1n) is 6.56. The van der Waals surface area contributed by atoms with E-state index in [1.807, 2.05) is 26.0 Å². The van der Waals surface area contributed by atoms with Crippen molar-refractivity contribution in [2.24, 2.45) is 0 Å². The van der Waals surface area contributed by atoms with Crippen LogP contribution in [0.2, 0.25) is 0 Å². The van der Waals surface area contributed by atoms with Gasteiger partial charge in [-0.15, -0.1) is 0 Å². The van der Waals surface area contributed by atoms with E-state index >= 15 is 0 Å². The predicted molar refractivity (Wildman–Crippen MR) is 79.6 cm³/mol. The Balaban J connectivity index is 1.95. The molecule has 0 bridgehead atoms. The maximum absolute atomic E-state index is 11.8. The van der Waals surface area contributed by atoms with E-state index < -0.39 is 10.8 Å². The average molecular weight is 296 g/mol. The number of urea groups is 1. The van der Waals surface area contributed by atoms with Crippen LogP contribution in [0.15, 0.2) is 12.1 Å². The molecule has 0 aromatic heterocycles. The van der Waals surface area contributed by atoms with Crippen molar-refractivity contribution in [3.05, 3.63) is 28.8 Å². The number of fused-ring (bicyclic) bond motifs is 1. The molecule has 1 aromatic carbocycles. The number of carbonyl (C=O) groups excluding carboxylic acids is 1. The molecule has 0 aliphatic carbocycles. The second kappa shape index (κ2) is 6.26. The summed E-state index contributed by atoms with van der Waals surface area (Å²) in [6.45, 7) is 4.92. The van der Waals surface area contributed by atoms with Crippen molar-refractivity contribution in [1.82, 2.24) is 10.6 Å². The van der Waals surface area contributed by atoms with Gasteiger partial charge < -0.3 is 15.4 Å². The lowest BCUT2D eigenvalue weighted by molar-refractivity contribution is 0.232. The van der Waals surface area contributed by atoms with Gasteiger partial charge in [0.1, 0.15) is 12.4 Å². The highest BCUT2D eigenvalue weighted by Gasteiger charge is 2.27. The van der Waals surface area contributed by atoms with E-state index in [9.17, 15) is 9.00 Å². The molecule has 6 heteroatoms. The molecule has 2 amide bonds. The highest BCUT2D eigenvalue weighted by atomic mass is 32.2. The molecule has 110 valence electrons. The highest BCUT2D eigenvalue weighted by Crippen LogP contribution is 2.36. The van der Waals surface area contributed by atoms with Gasteiger partial charge in [0, 0.05) is 34.9 Å². The Morgan fingerprint density at radius 1 is 1.45 bits per heavy atom. The summed E-state index contributed by atoms with van der Waals surface area (Å²) < 4.78 is 16.6. The van der Waals surface area contributed by atoms with Crippen molar-refractivity contribution in [2.45, 2.75) is 19.9 Å². The van der Waals surface area contributed by atoms with Crippen molar-refractivity contribution in [2.75, 3.05) is 25.2 Å². The second-order valence-electron chi connectivity index (χ2n) is 4.97. The van der Waals surface area contributed by atoms with E-state index in [2.05, 4.69) is 10.6 Å². The van der Waals surface area contributed by atoms with E-state index in [1.54, 1.807) is 6.26 Å². The molecule has 0 spiro atoms. The molecule has 2 N–H and O–H groups in total. The fourth-order valence-corrected chi connectivity index (χ4v) is 2.56. The van der Waals surface area contributed by atoms with Crippen LogP contribution >= 0.6 is 0 Å². The first-order chi connectivity index (χ1) is 9.49. The van der Waals surface area contributed by atoms with Crippen LogP contribution in [-0.4, -0.2) is 35.4 Å². The monoisotopic (exact) mass is 296 g/mol. The summed E-state index contributed by atoms with van der Waals surface area (Å²) in [5.41, 5.74) is 3.31. The van der Waals surface area contributed by atoms with Crippen LogP contribution in [0.1, 0.15) is 22.7 Å². The number of hydrogen-bond acceptors (Lipinski definition) is 3. The molecule has 0 saturated carbocycles. The summed E-state index contributed by atoms with van der Waals surface area (Å²) in [6.07, 6.45) is 1.62. The maximum atomic E-state index is 11.8. The fourth-order valence-electron chi connectivity index (χ4n) is 2.17. The Morgan fingerprint density at radius 2 is 2.20 bits per heavy atom. The summed E-state index contributed by atoms with van der Waals surface area (Å²) in [5, 5.41) is 5.58. The Labute approximate surface area is 121 Å². The lowest BCUT2D eigenvalue weighted by atomic mass is 10.0. The zero-order valence-electron chi connectivity index (χ0n) is 12.0. The predicted octanol–water partition coefficient (Wildman–Crippen LogP) is 1.41. The number of benzene rings is 1. The molecule has 1 aliphatic rings. The molecule has 20 heavy (non-hydrogen) atoms. The molecule has 0 radical (unpaired) electrons. The van der Waals surface area contributed by atoms with Crippen molar-refractivity contribution >= 4 is 16.8 Å². The van der Waals surface area contributed by atoms with Crippen LogP contribution < -0.4 is 15.4 Å². The van der Waals surface area contributed by atoms with Crippen LogP contribution in [0.3, 0.4) is 0 Å². The first kappa shape index (κ1) is 14.8. The quantitative estimate of drug-likeness (QED) is 0.883. The Hall–Kier alpha value is -1.56. The number of rotatable bonds is 4. The number of aryl methyl sites for hydroxylation is 1. The number of hydrogen-bond donors (Lipinski definition) is 2. The SMILES string of the molecule is Cc1ccc2c(c1C)OCC2NC(=O)NCCS(C)=O. The third kappa shape index (κ3) is 3.30. The summed E-state index contributed by atoms with van der Waals surface area (Å²) in [5.74, 6) is 1.34. The van der Waals surface area contributed by atoms with Crippen molar-refractivity contribution < 1.29 is 13.7 Å². The molecular weight excluding hydrogens is 276 g/mol. The van der Waals surface area contributed by atoms with Gasteiger partial charge in [-0.05, 0) is 25.0 Å². The zero-order chi connectivity index (χ0) is 14.7. The Morgan fingerprint density at radius 3 is 2.90 bits per heavy atom. The van der Waals surface area contributed by atoms with Gasteiger partial charge >= 0.3 is 6.03 Å². The minimum absolute atomic E-state index is 0.128. The van der Waals surface area contributed by atoms with Gasteiger partial charge in [0.25, 0.3) is 0 Å². The number of ether oxygens (including phenoxy) is 1. The van der Waals surface area contributed by atoms with Crippen LogP contribution in [0.4, 0.5) is 4.79 Å². The first-order valence-corrected chi connectivity index (χ1v) is 8.29. The van der Waals surface area contributed by atoms with Gasteiger partial charge in [-0.2, -0.15) is 0 Å². The summed E-state index contributed by atoms with van der Waals surface area (Å²) in [7, 11) is -0.895. The van der Waals surface area contributed by atoms with Gasteiger partial charge in [-0.3, -0.25) is 4.21 Å². The molecule has 1 aromatic rings. The van der Waals surface area contributed by atoms with Crippen LogP contribution in [0.25, 0.3) is 0 Å². The molecule has 5 nitrogen and oxygen atoms in total. The highest BCUT2D eigenvalue weighted by molar-refractivity contribution is 7.84. The standard InChI is InChI=1S/C14H20N2O3S/c1-9-4-5-11-12(8-19-13(11)10(9)2)16-14(17)15-6-7-20(3)18/h4-5,12H,6-8H2,1-3H3,(H2,15,16,17). The lowest BCUT2D eigenvalue weighted by Gasteiger charge is -2.13. The molecule has 2 unspecified atom stereocenters. The van der Waals surface area contributed by atoms with Gasteiger partial charge in [0.2, 0.25) is 0 Å². The summed E-state index contributed by atoms with van der Waals surface area (Å²) in [4.78, 5) is 11.8. The van der Waals surface area contributed by atoms with E-state index in [-0.39, 0.29) is 12.1 Å². The van der Waals surface area contributed by atoms with Gasteiger partial charge in [-0.1, -0.05) is 12.1 Å². The normalized spacial score (nSPS) is 18.1. The Kier molecular flexibility index (Phi) is 4.65. The number of amides is 2. The second-order valence-corrected chi connectivity index (χ2v) is 6.52. The van der Waals surface area contributed by atoms with E-state index in [0.717, 1.165) is 16.9 Å². The van der Waals surface area contributed by atoms with E-state index in [1.165, 1.54) is 5.56 Å². The molecule has 0 saturated heterocycles. The molecule has 1 heterocycles. The fraction of sp³-hybridized carbons (Fsp3) is 0.500. The molecule has 1 aliphatic heterocycles. The van der Waals surface area contributed by atoms with Crippen molar-refractivity contribution in [1.29, 1.82) is 0 Å². The third-order valence-electron chi connectivity index (χ3n) is 3.46. The minimum Gasteiger partial charge on any atom is -0.490 e. The van der Waals surface area contributed by atoms with Crippen LogP contribution in [0, 0.1) is 13.8 Å². The summed E-state index contributed by atoms with van der Waals surface area (Å²) in [6, 6.07) is 3.65. The molecule has 0 fully saturated rings. The van der Waals surface area contributed by atoms with Crippen molar-refractivity contribution in [3.63, 3.8) is 0 Å². The van der Waals surface area contributed by atoms with Gasteiger partial charge in [0.15, 0.2) is 0 Å². The van der Waals surface area contributed by atoms with Crippen LogP contribution in [0.5, 0.6) is 5.75 Å². The zero-order valence-corrected chi connectivity index (χ0v) is 12.8. The van der Waals surface area contributed by atoms with E-state index in [4.69, 9.17) is 4.74 Å². The average Bonchev–Trinajstić information content (AvgIpc) is 2.77. The van der Waals surface area contributed by atoms with Gasteiger partial charge in [0.05, 0.1) is 6.04 Å². The topological polar surface area (TPSA) is 67.4 Å². The number of carbonyl (C=O) groups is 1. The minimum atomic E-state index is -0.895. The number of nitrogens with one attached hydrogen (secondary N) is 2. The molecular formula is C14H20N2O3S. The maximum Gasteiger partial charge on any atom is 0.315 e. The lowest BCUT2D eigenvalue weighted by Crippen LogP contribution is -2.40. The third-order valence-corrected chi connectivity index (χ3v) is 4.24. The molecule has 2 atom stereocenters. The Bertz CT molecular complexity index is 545. The largest absolute Gasteiger partial charge is 0.490 e. The van der Waals surface area contributed by atoms with Crippen LogP contribution in [-0.2, 0) is 10.8 Å².